The Morgan fingerprint density at radius 2 is 1.73 bits per heavy atom. The molecule has 2 aliphatic heterocycles. The molecule has 3 atom stereocenters. The van der Waals surface area contributed by atoms with Crippen molar-refractivity contribution in [3.63, 3.8) is 0 Å². The van der Waals surface area contributed by atoms with Crippen LogP contribution < -0.4 is 42.0 Å². The van der Waals surface area contributed by atoms with Gasteiger partial charge in [0, 0.05) is 118 Å². The number of hydrogen-bond donors (Lipinski definition) is 5. The third kappa shape index (κ3) is 13.2. The smallest absolute Gasteiger partial charge is 0.338 e. The lowest BCUT2D eigenvalue weighted by Gasteiger charge is -2.21. The molecule has 408 valence electrons. The maximum atomic E-state index is 13.6. The van der Waals surface area contributed by atoms with Crippen molar-refractivity contribution < 1.29 is 43.0 Å². The molecule has 3 aliphatic rings. The number of methoxy groups -OCH3 is 1. The highest BCUT2D eigenvalue weighted by Crippen LogP contribution is 2.42. The predicted octanol–water partition coefficient (Wildman–Crippen LogP) is 3.76. The molecule has 1 aliphatic carbocycles. The number of aromatic nitrogens is 3. The Labute approximate surface area is 451 Å². The third-order valence-electron chi connectivity index (χ3n) is 13.5. The van der Waals surface area contributed by atoms with Crippen LogP contribution in [0.15, 0.2) is 99.7 Å². The highest BCUT2D eigenvalue weighted by Gasteiger charge is 2.33. The second-order valence-corrected chi connectivity index (χ2v) is 19.2. The van der Waals surface area contributed by atoms with E-state index in [9.17, 15) is 38.7 Å². The van der Waals surface area contributed by atoms with Crippen LogP contribution in [0.25, 0.3) is 39.5 Å². The molecule has 7 rings (SSSR count). The van der Waals surface area contributed by atoms with Gasteiger partial charge in [0.25, 0.3) is 11.5 Å². The second kappa shape index (κ2) is 25.4. The van der Waals surface area contributed by atoms with Crippen LogP contribution in [0, 0.1) is 18.8 Å². The quantitative estimate of drug-likeness (QED) is 0.0195. The summed E-state index contributed by atoms with van der Waals surface area (Å²) in [7, 11) is 9.06. The number of carbonyl (C=O) groups is 5. The van der Waals surface area contributed by atoms with E-state index in [1.54, 1.807) is 40.7 Å². The number of nitrogens with one attached hydrogen (secondary N) is 4. The standard InChI is InChI=1S/C58H65N9O11/c1-10-12-15-46-35(3)39(31-65(11-2)52(71)23-22-50(69)59-24-13-14-38-33-67(58(75)62-56(38)73)53-30-47(68)36(4)77-53)32-66(46)34-51(70)60-25-26-61-55(72)37-16-19-42(45(27-37)57(74)76-9)54-43-20-17-40(63(5)6)28-48(43)78-49-29-41(64(7)8)18-21-44(49)54/h10,12,15-21,27-29,32-33,36,47,53,68H,1,11,22-26,30-31,34H2,2-9H3,(H3-,59,60,61,62,69,70,72,73,75)/p+1/b15-12-. The summed E-state index contributed by atoms with van der Waals surface area (Å²) in [4.78, 5) is 97.3. The number of hydrogen-bond acceptors (Lipinski definition) is 12. The predicted molar refractivity (Wildman–Crippen MR) is 297 cm³/mol. The van der Waals surface area contributed by atoms with E-state index in [0.717, 1.165) is 44.4 Å². The number of esters is 1. The summed E-state index contributed by atoms with van der Waals surface area (Å²) < 4.78 is 22.3. The molecule has 0 spiro atoms. The van der Waals surface area contributed by atoms with Crippen molar-refractivity contribution in [2.75, 3.05) is 66.4 Å². The van der Waals surface area contributed by atoms with E-state index in [-0.39, 0.29) is 80.5 Å². The number of fused-ring (bicyclic) bond motifs is 2. The van der Waals surface area contributed by atoms with Gasteiger partial charge in [-0.3, -0.25) is 33.5 Å². The topological polar surface area (TPSA) is 243 Å². The maximum absolute atomic E-state index is 13.6. The number of anilines is 1. The number of aliphatic hydroxyl groups excluding tert-OH is 1. The first-order chi connectivity index (χ1) is 37.3. The van der Waals surface area contributed by atoms with E-state index in [0.29, 0.717) is 23.5 Å². The van der Waals surface area contributed by atoms with Gasteiger partial charge in [0.2, 0.25) is 23.1 Å². The monoisotopic (exact) mass is 1060 g/mol. The zero-order valence-corrected chi connectivity index (χ0v) is 45.2. The number of benzene rings is 3. The minimum atomic E-state index is -0.767. The lowest BCUT2D eigenvalue weighted by Crippen LogP contribution is -2.36. The lowest BCUT2D eigenvalue weighted by molar-refractivity contribution is -0.134. The fourth-order valence-electron chi connectivity index (χ4n) is 9.08. The van der Waals surface area contributed by atoms with E-state index >= 15 is 0 Å². The summed E-state index contributed by atoms with van der Waals surface area (Å²) in [5.74, 6) is 3.86. The number of ether oxygens (including phenoxy) is 2. The fourth-order valence-corrected chi connectivity index (χ4v) is 9.08. The van der Waals surface area contributed by atoms with E-state index in [4.69, 9.17) is 13.9 Å². The van der Waals surface area contributed by atoms with E-state index in [2.05, 4.69) is 39.4 Å². The number of allylic oxidation sites excluding steroid dienone is 2. The maximum Gasteiger partial charge on any atom is 0.338 e. The number of nitrogens with zero attached hydrogens (tertiary/aromatic N) is 5. The van der Waals surface area contributed by atoms with Crippen LogP contribution in [0.4, 0.5) is 5.69 Å². The SMILES string of the molecule is C=C/C=C\c1c(C)c(CN(CC)C(=O)CCC(=O)NCC#Cc2cn(C3CC(O)C(C)O3)c(=O)[nH]c2=O)cn1CC(=O)NCCNC(=O)c1ccc(-c2c3ccc(=[N+](C)C)cc-3oc3cc(N(C)C)ccc23)c(C(=O)OC)c1. The van der Waals surface area contributed by atoms with Gasteiger partial charge in [0.1, 0.15) is 43.8 Å². The molecule has 0 radical (unpaired) electrons. The van der Waals surface area contributed by atoms with Crippen LogP contribution in [0.5, 0.6) is 0 Å². The Hall–Kier alpha value is -8.80. The van der Waals surface area contributed by atoms with Crippen LogP contribution >= 0.6 is 0 Å². The van der Waals surface area contributed by atoms with Gasteiger partial charge in [-0.1, -0.05) is 36.6 Å². The normalized spacial score (nSPS) is 14.9. The molecule has 78 heavy (non-hydrogen) atoms. The Kier molecular flexibility index (Phi) is 18.5. The van der Waals surface area contributed by atoms with Crippen LogP contribution in [0.3, 0.4) is 0 Å². The molecular weight excluding hydrogens is 999 g/mol. The average Bonchev–Trinajstić information content (AvgIpc) is 3.92. The highest BCUT2D eigenvalue weighted by atomic mass is 16.5. The number of amides is 4. The van der Waals surface area contributed by atoms with Gasteiger partial charge in [-0.05, 0) is 73.9 Å². The van der Waals surface area contributed by atoms with Crippen LogP contribution in [0.2, 0.25) is 0 Å². The minimum Gasteiger partial charge on any atom is -0.465 e. The first-order valence-electron chi connectivity index (χ1n) is 25.5. The van der Waals surface area contributed by atoms with E-state index in [1.165, 1.54) is 23.9 Å². The molecule has 5 N–H and O–H groups in total. The van der Waals surface area contributed by atoms with Gasteiger partial charge in [0.05, 0.1) is 37.5 Å². The lowest BCUT2D eigenvalue weighted by atomic mass is 9.89. The average molecular weight is 1070 g/mol. The summed E-state index contributed by atoms with van der Waals surface area (Å²) in [5.41, 5.74) is 4.95. The van der Waals surface area contributed by atoms with Gasteiger partial charge in [-0.15, -0.1) is 0 Å². The van der Waals surface area contributed by atoms with Gasteiger partial charge in [-0.2, -0.15) is 0 Å². The molecule has 20 heteroatoms. The number of rotatable bonds is 19. The molecule has 2 aromatic carbocycles. The molecule has 3 unspecified atom stereocenters. The summed E-state index contributed by atoms with van der Waals surface area (Å²) in [6, 6.07) is 16.6. The second-order valence-electron chi connectivity index (χ2n) is 19.2. The fraction of sp³-hybridized carbons (Fsp3) is 0.345. The van der Waals surface area contributed by atoms with Gasteiger partial charge in [-0.25, -0.2) is 14.2 Å². The van der Waals surface area contributed by atoms with Crippen molar-refractivity contribution in [3.05, 3.63) is 145 Å². The summed E-state index contributed by atoms with van der Waals surface area (Å²) >= 11 is 0. The molecule has 0 saturated carbocycles. The van der Waals surface area contributed by atoms with Crippen molar-refractivity contribution in [3.8, 4) is 34.3 Å². The Morgan fingerprint density at radius 3 is 2.42 bits per heavy atom. The van der Waals surface area contributed by atoms with E-state index in [1.807, 2.05) is 100 Å². The Bertz CT molecular complexity index is 3540. The Balaban J connectivity index is 0.950. The number of carbonyl (C=O) groups excluding carboxylic acids is 5. The molecule has 1 fully saturated rings. The van der Waals surface area contributed by atoms with Crippen molar-refractivity contribution in [2.24, 2.45) is 0 Å². The molecule has 2 aromatic heterocycles. The molecular formula is C58H66N9O11+. The zero-order valence-electron chi connectivity index (χ0n) is 45.2. The van der Waals surface area contributed by atoms with Crippen molar-refractivity contribution in [2.45, 2.75) is 71.6 Å². The summed E-state index contributed by atoms with van der Waals surface area (Å²) in [6.07, 6.45) is 6.20. The van der Waals surface area contributed by atoms with Gasteiger partial charge < -0.3 is 49.3 Å². The summed E-state index contributed by atoms with van der Waals surface area (Å²) in [5, 5.41) is 20.1. The molecule has 4 aromatic rings. The van der Waals surface area contributed by atoms with Crippen LogP contribution in [0.1, 0.15) is 82.4 Å². The van der Waals surface area contributed by atoms with E-state index < -0.39 is 47.5 Å². The first kappa shape index (κ1) is 56.9. The van der Waals surface area contributed by atoms with Gasteiger partial charge in [0.15, 0.2) is 0 Å². The van der Waals surface area contributed by atoms with Gasteiger partial charge >= 0.3 is 11.7 Å². The minimum absolute atomic E-state index is 0.0233. The molecule has 4 amide bonds. The number of aliphatic hydroxyl groups is 1. The third-order valence-corrected chi connectivity index (χ3v) is 13.5. The molecule has 20 nitrogen and oxygen atoms in total. The molecule has 0 bridgehead atoms. The zero-order chi connectivity index (χ0) is 56.4. The summed E-state index contributed by atoms with van der Waals surface area (Å²) in [6.45, 7) is 9.73. The number of aromatic amines is 1. The highest BCUT2D eigenvalue weighted by molar-refractivity contribution is 6.09. The molecule has 4 heterocycles. The van der Waals surface area contributed by atoms with Crippen molar-refractivity contribution >= 4 is 52.3 Å². The van der Waals surface area contributed by atoms with Crippen LogP contribution in [-0.4, -0.2) is 127 Å². The van der Waals surface area contributed by atoms with Crippen molar-refractivity contribution in [1.82, 2.24) is 39.5 Å². The van der Waals surface area contributed by atoms with Crippen LogP contribution in [-0.2, 0) is 36.9 Å². The number of H-pyrrole nitrogens is 1. The van der Waals surface area contributed by atoms with Crippen molar-refractivity contribution in [1.29, 1.82) is 0 Å². The largest absolute Gasteiger partial charge is 0.465 e. The molecule has 1 saturated heterocycles. The first-order valence-corrected chi connectivity index (χ1v) is 25.5. The Morgan fingerprint density at radius 1 is 0.974 bits per heavy atom.